The molecular formula is C32H26. The zero-order valence-corrected chi connectivity index (χ0v) is 18.5. The van der Waals surface area contributed by atoms with Crippen molar-refractivity contribution in [3.63, 3.8) is 0 Å². The number of hydrogen-bond donors (Lipinski definition) is 0. The lowest BCUT2D eigenvalue weighted by Crippen LogP contribution is -1.79. The Morgan fingerprint density at radius 1 is 0.344 bits per heavy atom. The summed E-state index contributed by atoms with van der Waals surface area (Å²) in [7, 11) is 0. The standard InChI is InChI=1S/C32H26/c1-23-3-15-31-21-27(13-17-29(31)19-23)11-9-25-5-7-26(8-6-25)10-12-28-14-18-30-20-24(2)4-16-32(30)22-28/h3-22H,1-2H3/b11-9+,12-10+. The summed E-state index contributed by atoms with van der Waals surface area (Å²) in [5.41, 5.74) is 7.43. The molecule has 0 aliphatic carbocycles. The van der Waals surface area contributed by atoms with Crippen LogP contribution in [0, 0.1) is 13.8 Å². The zero-order valence-electron chi connectivity index (χ0n) is 18.5. The smallest absolute Gasteiger partial charge is 0.0178 e. The molecule has 0 nitrogen and oxygen atoms in total. The molecule has 0 amide bonds. The van der Waals surface area contributed by atoms with Gasteiger partial charge in [-0.3, -0.25) is 0 Å². The molecule has 0 aliphatic rings. The van der Waals surface area contributed by atoms with E-state index in [0.29, 0.717) is 0 Å². The van der Waals surface area contributed by atoms with E-state index in [2.05, 4.69) is 135 Å². The third-order valence-corrected chi connectivity index (χ3v) is 5.91. The maximum atomic E-state index is 2.24. The van der Waals surface area contributed by atoms with E-state index in [-0.39, 0.29) is 0 Å². The second-order valence-corrected chi connectivity index (χ2v) is 8.55. The highest BCUT2D eigenvalue weighted by Crippen LogP contribution is 2.21. The quantitative estimate of drug-likeness (QED) is 0.259. The lowest BCUT2D eigenvalue weighted by Gasteiger charge is -2.02. The molecule has 0 unspecified atom stereocenters. The van der Waals surface area contributed by atoms with E-state index in [9.17, 15) is 0 Å². The number of rotatable bonds is 4. The van der Waals surface area contributed by atoms with E-state index >= 15 is 0 Å². The molecule has 0 radical (unpaired) electrons. The van der Waals surface area contributed by atoms with Crippen molar-refractivity contribution in [3.8, 4) is 0 Å². The number of benzene rings is 5. The Kier molecular flexibility index (Phi) is 5.44. The summed E-state index contributed by atoms with van der Waals surface area (Å²) >= 11 is 0. The summed E-state index contributed by atoms with van der Waals surface area (Å²) in [6.07, 6.45) is 8.71. The fourth-order valence-electron chi connectivity index (χ4n) is 4.08. The lowest BCUT2D eigenvalue weighted by molar-refractivity contribution is 1.50. The fraction of sp³-hybridized carbons (Fsp3) is 0.0625. The highest BCUT2D eigenvalue weighted by atomic mass is 14.0. The van der Waals surface area contributed by atoms with Crippen molar-refractivity contribution in [2.75, 3.05) is 0 Å². The van der Waals surface area contributed by atoms with Gasteiger partial charge < -0.3 is 0 Å². The minimum absolute atomic E-state index is 1.20. The van der Waals surface area contributed by atoms with Gasteiger partial charge in [-0.25, -0.2) is 0 Å². The van der Waals surface area contributed by atoms with Gasteiger partial charge in [-0.2, -0.15) is 0 Å². The number of fused-ring (bicyclic) bond motifs is 2. The molecule has 0 atom stereocenters. The van der Waals surface area contributed by atoms with Gasteiger partial charge in [0.25, 0.3) is 0 Å². The predicted molar refractivity (Wildman–Crippen MR) is 142 cm³/mol. The molecule has 0 heteroatoms. The van der Waals surface area contributed by atoms with Gasteiger partial charge >= 0.3 is 0 Å². The molecule has 32 heavy (non-hydrogen) atoms. The van der Waals surface area contributed by atoms with E-state index in [1.165, 1.54) is 54.9 Å². The summed E-state index contributed by atoms with van der Waals surface area (Å²) in [6, 6.07) is 35.1. The van der Waals surface area contributed by atoms with Crippen LogP contribution in [0.5, 0.6) is 0 Å². The van der Waals surface area contributed by atoms with Crippen LogP contribution >= 0.6 is 0 Å². The summed E-state index contributed by atoms with van der Waals surface area (Å²) in [4.78, 5) is 0. The van der Waals surface area contributed by atoms with Crippen LogP contribution < -0.4 is 0 Å². The van der Waals surface area contributed by atoms with Crippen molar-refractivity contribution in [3.05, 3.63) is 130 Å². The van der Waals surface area contributed by atoms with Crippen LogP contribution in [0.4, 0.5) is 0 Å². The highest BCUT2D eigenvalue weighted by molar-refractivity contribution is 5.87. The molecular weight excluding hydrogens is 384 g/mol. The molecule has 0 aliphatic heterocycles. The summed E-state index contributed by atoms with van der Waals surface area (Å²) in [5.74, 6) is 0. The Bertz CT molecular complexity index is 1350. The molecule has 0 bridgehead atoms. The Hall–Kier alpha value is -3.90. The van der Waals surface area contributed by atoms with Gasteiger partial charge in [0.1, 0.15) is 0 Å². The number of aryl methyl sites for hydroxylation is 2. The summed E-state index contributed by atoms with van der Waals surface area (Å²) in [6.45, 7) is 4.27. The minimum Gasteiger partial charge on any atom is -0.0587 e. The van der Waals surface area contributed by atoms with Crippen molar-refractivity contribution in [1.29, 1.82) is 0 Å². The largest absolute Gasteiger partial charge is 0.0587 e. The van der Waals surface area contributed by atoms with E-state index in [1.54, 1.807) is 0 Å². The van der Waals surface area contributed by atoms with Crippen LogP contribution in [-0.2, 0) is 0 Å². The van der Waals surface area contributed by atoms with Gasteiger partial charge in [-0.1, -0.05) is 120 Å². The van der Waals surface area contributed by atoms with Gasteiger partial charge in [-0.15, -0.1) is 0 Å². The first-order valence-electron chi connectivity index (χ1n) is 11.1. The molecule has 5 aromatic rings. The highest BCUT2D eigenvalue weighted by Gasteiger charge is 1.97. The lowest BCUT2D eigenvalue weighted by atomic mass is 10.0. The zero-order chi connectivity index (χ0) is 21.9. The van der Waals surface area contributed by atoms with Crippen LogP contribution in [0.2, 0.25) is 0 Å². The molecule has 0 fully saturated rings. The van der Waals surface area contributed by atoms with E-state index < -0.39 is 0 Å². The van der Waals surface area contributed by atoms with Crippen molar-refractivity contribution in [2.24, 2.45) is 0 Å². The number of hydrogen-bond acceptors (Lipinski definition) is 0. The van der Waals surface area contributed by atoms with Gasteiger partial charge in [0.15, 0.2) is 0 Å². The van der Waals surface area contributed by atoms with Gasteiger partial charge in [0.05, 0.1) is 0 Å². The molecule has 0 spiro atoms. The average Bonchev–Trinajstić information content (AvgIpc) is 2.82. The summed E-state index contributed by atoms with van der Waals surface area (Å²) in [5, 5.41) is 5.14. The topological polar surface area (TPSA) is 0 Å². The Morgan fingerprint density at radius 2 is 0.656 bits per heavy atom. The van der Waals surface area contributed by atoms with E-state index in [4.69, 9.17) is 0 Å². The van der Waals surface area contributed by atoms with Gasteiger partial charge in [-0.05, 0) is 69.8 Å². The molecule has 5 rings (SSSR count). The maximum Gasteiger partial charge on any atom is -0.0178 e. The minimum atomic E-state index is 1.20. The molecule has 5 aromatic carbocycles. The van der Waals surface area contributed by atoms with Crippen molar-refractivity contribution >= 4 is 45.8 Å². The van der Waals surface area contributed by atoms with E-state index in [0.717, 1.165) is 0 Å². The maximum absolute atomic E-state index is 2.24. The van der Waals surface area contributed by atoms with Crippen molar-refractivity contribution < 1.29 is 0 Å². The molecule has 0 heterocycles. The Morgan fingerprint density at radius 3 is 1.09 bits per heavy atom. The summed E-state index contributed by atoms with van der Waals surface area (Å²) < 4.78 is 0. The van der Waals surface area contributed by atoms with E-state index in [1.807, 2.05) is 0 Å². The van der Waals surface area contributed by atoms with Crippen LogP contribution in [0.25, 0.3) is 45.8 Å². The second kappa shape index (κ2) is 8.69. The average molecular weight is 411 g/mol. The Labute approximate surface area is 190 Å². The SMILES string of the molecule is Cc1ccc2cc(/C=C/c3ccc(/C=C/c4ccc5cc(C)ccc5c4)cc3)ccc2c1. The second-order valence-electron chi connectivity index (χ2n) is 8.55. The first-order chi connectivity index (χ1) is 15.6. The van der Waals surface area contributed by atoms with Crippen molar-refractivity contribution in [1.82, 2.24) is 0 Å². The first-order valence-corrected chi connectivity index (χ1v) is 11.1. The molecule has 154 valence electrons. The third kappa shape index (κ3) is 4.55. The van der Waals surface area contributed by atoms with Crippen molar-refractivity contribution in [2.45, 2.75) is 13.8 Å². The van der Waals surface area contributed by atoms with Gasteiger partial charge in [0.2, 0.25) is 0 Å². The fourth-order valence-corrected chi connectivity index (χ4v) is 4.08. The predicted octanol–water partition coefficient (Wildman–Crippen LogP) is 8.95. The molecule has 0 saturated carbocycles. The monoisotopic (exact) mass is 410 g/mol. The van der Waals surface area contributed by atoms with Gasteiger partial charge in [0, 0.05) is 0 Å². The molecule has 0 aromatic heterocycles. The van der Waals surface area contributed by atoms with Crippen LogP contribution in [0.3, 0.4) is 0 Å². The normalized spacial score (nSPS) is 11.8. The van der Waals surface area contributed by atoms with Crippen LogP contribution in [-0.4, -0.2) is 0 Å². The Balaban J connectivity index is 1.29. The van der Waals surface area contributed by atoms with Crippen LogP contribution in [0.1, 0.15) is 33.4 Å². The molecule has 0 saturated heterocycles. The molecule has 0 N–H and O–H groups in total. The third-order valence-electron chi connectivity index (χ3n) is 5.91. The van der Waals surface area contributed by atoms with Crippen LogP contribution in [0.15, 0.2) is 97.1 Å². The first kappa shape index (κ1) is 20.0.